The third kappa shape index (κ3) is 15.6. The van der Waals surface area contributed by atoms with Crippen LogP contribution >= 0.6 is 0 Å². The molecule has 7 rings (SSSR count). The Labute approximate surface area is 501 Å². The van der Waals surface area contributed by atoms with E-state index in [1.165, 1.54) is 30.6 Å². The number of benzene rings is 2. The Kier molecular flexibility index (Phi) is 24.2. The van der Waals surface area contributed by atoms with Gasteiger partial charge in [0, 0.05) is 25.4 Å². The Bertz CT molecular complexity index is 2680. The fourth-order valence-electron chi connectivity index (χ4n) is 10.9. The topological polar surface area (TPSA) is 576 Å². The maximum Gasteiger partial charge on any atom is 0.246 e. The summed E-state index contributed by atoms with van der Waals surface area (Å²) in [4.78, 5) is 70.8. The molecule has 5 saturated heterocycles. The number of amides is 4. The highest BCUT2D eigenvalue weighted by atomic mass is 16.7. The van der Waals surface area contributed by atoms with Crippen LogP contribution in [0.15, 0.2) is 54.6 Å². The standard InChI is InChI=1S/C53H78N11O24/c1-2-24(21-6-4-3-5-7-21)31(54)46(81)60-25(12-20-8-10-23(11-9-20)84-50-43(79)40(76)44(30(19-69)87-50)88-51-42(78)39(75)37(73)29(18-68)86-51)45(80)62-32(34(70)26-13-57-52(55)61-26)48(83)63-33(47(82)59-22(15-65)16-66)35(71)27-14-58-53(56)64(27)49-41(77)38(74)36(72)28(17-67)85-49/h3-11,22,24-44,49-51,65,67-79H,2,12-15,17-19,54H2,1H3,(H2,56,58)(H,59,82)(H,60,81)(H,62,80)(H,63,83)(H3,55,57,61). The lowest BCUT2D eigenvalue weighted by molar-refractivity contribution is -0.352. The van der Waals surface area contributed by atoms with Gasteiger partial charge in [0.25, 0.3) is 0 Å². The minimum Gasteiger partial charge on any atom is -0.462 e. The monoisotopic (exact) mass is 1250 g/mol. The number of carbonyl (C=O) groups excluding carboxylic acids is 5. The lowest BCUT2D eigenvalue weighted by atomic mass is 9.89. The molecule has 0 aromatic heterocycles. The molecule has 1 radical (unpaired) electrons. The molecule has 25 atom stereocenters. The summed E-state index contributed by atoms with van der Waals surface area (Å²) in [7, 11) is 0. The molecule has 25 N–H and O–H groups in total. The SMILES string of the molecule is CCC(c1ccccc1)C(N)C(=O)NC(Cc1ccc(OC2OC(CO)C(OC3OC(CO)C(O)C(O)C3O)C(O)C2O)cc1)C(=O)NC(C(=O)NC(C(=O)NC([C]=O)CO)C(O)C1CNC(=N)N1C1OC(CO)C(O)C(O)C1O)C(O)C1CNC(=N)N1. The third-order valence-corrected chi connectivity index (χ3v) is 16.0. The van der Waals surface area contributed by atoms with Crippen LogP contribution in [0.4, 0.5) is 0 Å². The molecule has 5 aliphatic heterocycles. The zero-order valence-corrected chi connectivity index (χ0v) is 47.2. The fraction of sp³-hybridized carbons (Fsp3) is 0.642. The Balaban J connectivity index is 1.16. The summed E-state index contributed by atoms with van der Waals surface area (Å²) in [5.74, 6) is -6.46. The van der Waals surface area contributed by atoms with E-state index in [4.69, 9.17) is 40.2 Å². The molecule has 2 aromatic rings. The van der Waals surface area contributed by atoms with E-state index < -0.39 is 221 Å². The lowest BCUT2D eigenvalue weighted by Gasteiger charge is -2.46. The van der Waals surface area contributed by atoms with Crippen LogP contribution in [-0.4, -0.2) is 304 Å². The molecule has 5 heterocycles. The second kappa shape index (κ2) is 30.9. The van der Waals surface area contributed by atoms with Crippen LogP contribution in [0, 0.1) is 10.8 Å². The van der Waals surface area contributed by atoms with Crippen molar-refractivity contribution in [2.45, 2.75) is 172 Å². The van der Waals surface area contributed by atoms with Crippen LogP contribution in [0.2, 0.25) is 0 Å². The van der Waals surface area contributed by atoms with Gasteiger partial charge in [0.05, 0.1) is 44.6 Å². The van der Waals surface area contributed by atoms with Gasteiger partial charge in [-0.15, -0.1) is 0 Å². The molecule has 2 aromatic carbocycles. The number of aliphatic hydroxyl groups is 14. The second-order valence-electron chi connectivity index (χ2n) is 21.7. The van der Waals surface area contributed by atoms with Crippen LogP contribution in [-0.2, 0) is 49.3 Å². The van der Waals surface area contributed by atoms with Crippen molar-refractivity contribution in [3.63, 3.8) is 0 Å². The highest BCUT2D eigenvalue weighted by molar-refractivity contribution is 5.96. The van der Waals surface area contributed by atoms with Crippen LogP contribution in [0.5, 0.6) is 5.75 Å². The van der Waals surface area contributed by atoms with Crippen LogP contribution < -0.4 is 47.7 Å². The van der Waals surface area contributed by atoms with Gasteiger partial charge in [-0.05, 0) is 29.7 Å². The van der Waals surface area contributed by atoms with Crippen molar-refractivity contribution in [3.8, 4) is 5.75 Å². The fourth-order valence-corrected chi connectivity index (χ4v) is 10.9. The van der Waals surface area contributed by atoms with Gasteiger partial charge in [0.1, 0.15) is 115 Å². The lowest BCUT2D eigenvalue weighted by Crippen LogP contribution is -2.69. The maximum atomic E-state index is 14.9. The summed E-state index contributed by atoms with van der Waals surface area (Å²) in [5, 5.41) is 183. The first-order valence-electron chi connectivity index (χ1n) is 28.1. The zero-order valence-electron chi connectivity index (χ0n) is 47.2. The van der Waals surface area contributed by atoms with Crippen molar-refractivity contribution >= 4 is 41.8 Å². The van der Waals surface area contributed by atoms with Crippen molar-refractivity contribution in [3.05, 3.63) is 65.7 Å². The molecule has 0 bridgehead atoms. The van der Waals surface area contributed by atoms with Crippen LogP contribution in [0.1, 0.15) is 30.4 Å². The number of guanidine groups is 2. The van der Waals surface area contributed by atoms with Gasteiger partial charge in [0.15, 0.2) is 24.4 Å². The molecular formula is C53H78N11O24. The van der Waals surface area contributed by atoms with Crippen molar-refractivity contribution < 1.29 is 119 Å². The molecule has 88 heavy (non-hydrogen) atoms. The number of ether oxygens (including phenoxy) is 5. The van der Waals surface area contributed by atoms with E-state index >= 15 is 0 Å². The van der Waals surface area contributed by atoms with Gasteiger partial charge in [-0.3, -0.25) is 34.8 Å². The van der Waals surface area contributed by atoms with E-state index in [9.17, 15) is 95.5 Å². The first-order chi connectivity index (χ1) is 41.9. The molecule has 5 aliphatic rings. The number of hydrogen-bond donors (Lipinski definition) is 24. The molecule has 0 saturated carbocycles. The number of nitrogens with zero attached hydrogens (tertiary/aromatic N) is 1. The number of carbonyl (C=O) groups is 4. The van der Waals surface area contributed by atoms with Crippen LogP contribution in [0.3, 0.4) is 0 Å². The molecular weight excluding hydrogens is 1170 g/mol. The predicted molar refractivity (Wildman–Crippen MR) is 295 cm³/mol. The predicted octanol–water partition coefficient (Wildman–Crippen LogP) is -12.0. The highest BCUT2D eigenvalue weighted by Crippen LogP contribution is 2.32. The molecule has 25 unspecified atom stereocenters. The number of hydrogen-bond acceptors (Lipinski definition) is 27. The van der Waals surface area contributed by atoms with Gasteiger partial charge in [0.2, 0.25) is 36.2 Å². The van der Waals surface area contributed by atoms with Crippen molar-refractivity contribution in [2.75, 3.05) is 39.5 Å². The average molecular weight is 1250 g/mol. The van der Waals surface area contributed by atoms with Crippen LogP contribution in [0.25, 0.3) is 0 Å². The molecule has 0 aliphatic carbocycles. The number of rotatable bonds is 27. The third-order valence-electron chi connectivity index (χ3n) is 16.0. The van der Waals surface area contributed by atoms with E-state index in [0.717, 1.165) is 4.90 Å². The van der Waals surface area contributed by atoms with Gasteiger partial charge >= 0.3 is 0 Å². The van der Waals surface area contributed by atoms with Crippen molar-refractivity contribution in [1.82, 2.24) is 42.1 Å². The largest absolute Gasteiger partial charge is 0.462 e. The van der Waals surface area contributed by atoms with Gasteiger partial charge in [-0.2, -0.15) is 0 Å². The number of nitrogens with two attached hydrogens (primary N) is 1. The molecule has 0 spiro atoms. The van der Waals surface area contributed by atoms with Gasteiger partial charge in [-0.1, -0.05) is 49.4 Å². The number of nitrogens with one attached hydrogen (secondary N) is 9. The van der Waals surface area contributed by atoms with E-state index in [2.05, 4.69) is 37.2 Å². The van der Waals surface area contributed by atoms with Gasteiger partial charge in [-0.25, -0.2) is 0 Å². The summed E-state index contributed by atoms with van der Waals surface area (Å²) in [6.45, 7) is -2.53. The first kappa shape index (κ1) is 69.1. The maximum absolute atomic E-state index is 14.9. The van der Waals surface area contributed by atoms with E-state index in [1.54, 1.807) is 37.3 Å². The van der Waals surface area contributed by atoms with E-state index in [0.29, 0.717) is 12.0 Å². The van der Waals surface area contributed by atoms with E-state index in [1.807, 2.05) is 0 Å². The zero-order chi connectivity index (χ0) is 64.4. The number of aliphatic hydroxyl groups excluding tert-OH is 14. The normalized spacial score (nSPS) is 33.4. The molecule has 489 valence electrons. The van der Waals surface area contributed by atoms with Crippen molar-refractivity contribution in [1.29, 1.82) is 10.8 Å². The van der Waals surface area contributed by atoms with E-state index in [-0.39, 0.29) is 23.8 Å². The molecule has 5 fully saturated rings. The average Bonchev–Trinajstić information content (AvgIpc) is 2.31. The highest BCUT2D eigenvalue weighted by Gasteiger charge is 2.54. The molecule has 35 nitrogen and oxygen atoms in total. The summed E-state index contributed by atoms with van der Waals surface area (Å²) >= 11 is 0. The molecule has 35 heteroatoms. The Morgan fingerprint density at radius 2 is 1.26 bits per heavy atom. The van der Waals surface area contributed by atoms with Crippen molar-refractivity contribution in [2.24, 2.45) is 5.73 Å². The Morgan fingerprint density at radius 3 is 1.85 bits per heavy atom. The quantitative estimate of drug-likeness (QED) is 0.0395. The minimum atomic E-state index is -2.29. The Hall–Kier alpha value is -6.43. The summed E-state index contributed by atoms with van der Waals surface area (Å²) in [6.07, 6.45) is -29.7. The van der Waals surface area contributed by atoms with Gasteiger partial charge < -0.3 is 143 Å². The summed E-state index contributed by atoms with van der Waals surface area (Å²) in [5.41, 5.74) is 7.52. The Morgan fingerprint density at radius 1 is 0.682 bits per heavy atom. The summed E-state index contributed by atoms with van der Waals surface area (Å²) < 4.78 is 28.2. The minimum absolute atomic E-state index is 0.0487. The summed E-state index contributed by atoms with van der Waals surface area (Å²) in [6, 6.07) is 2.00. The first-order valence-corrected chi connectivity index (χ1v) is 28.1. The second-order valence-corrected chi connectivity index (χ2v) is 21.7. The smallest absolute Gasteiger partial charge is 0.246 e. The molecule has 4 amide bonds.